The number of aromatic nitrogens is 2. The summed E-state index contributed by atoms with van der Waals surface area (Å²) in [5.41, 5.74) is -0.238. The van der Waals surface area contributed by atoms with Crippen LogP contribution in [0.1, 0.15) is 11.9 Å². The lowest BCUT2D eigenvalue weighted by Crippen LogP contribution is -2.44. The second-order valence-electron chi connectivity index (χ2n) is 5.20. The van der Waals surface area contributed by atoms with Gasteiger partial charge in [0.25, 0.3) is 11.6 Å². The minimum Gasteiger partial charge on any atom is -0.334 e. The number of nitrogens with one attached hydrogen (secondary N) is 1. The molecule has 1 saturated heterocycles. The fraction of sp³-hybridized carbons (Fsp3) is 0.385. The molecular formula is C13H14BrClFN5O3. The number of halogens is 3. The smallest absolute Gasteiger partial charge is 0.287 e. The maximum Gasteiger partial charge on any atom is 0.287 e. The van der Waals surface area contributed by atoms with Gasteiger partial charge in [0.1, 0.15) is 10.3 Å². The fourth-order valence-corrected chi connectivity index (χ4v) is 2.98. The van der Waals surface area contributed by atoms with Gasteiger partial charge in [-0.1, -0.05) is 5.16 Å². The van der Waals surface area contributed by atoms with Crippen LogP contribution < -0.4 is 5.32 Å². The van der Waals surface area contributed by atoms with Crippen LogP contribution in [0.5, 0.6) is 0 Å². The van der Waals surface area contributed by atoms with Gasteiger partial charge in [-0.3, -0.25) is 15.0 Å². The minimum atomic E-state index is -0.744. The van der Waals surface area contributed by atoms with Crippen molar-refractivity contribution in [2.45, 2.75) is 6.04 Å². The van der Waals surface area contributed by atoms with Crippen molar-refractivity contribution in [1.29, 1.82) is 0 Å². The molecule has 1 atom stereocenters. The highest BCUT2D eigenvalue weighted by molar-refractivity contribution is 9.10. The molecule has 0 saturated carbocycles. The Balaban J connectivity index is 0.00000208. The topological polar surface area (TPSA) is 97.3 Å². The first-order valence-electron chi connectivity index (χ1n) is 6.85. The van der Waals surface area contributed by atoms with Gasteiger partial charge < -0.3 is 9.84 Å². The Morgan fingerprint density at radius 3 is 2.96 bits per heavy atom. The summed E-state index contributed by atoms with van der Waals surface area (Å²) in [6.07, 6.45) is 0. The van der Waals surface area contributed by atoms with Crippen molar-refractivity contribution in [3.63, 3.8) is 0 Å². The molecule has 24 heavy (non-hydrogen) atoms. The van der Waals surface area contributed by atoms with E-state index in [1.807, 2.05) is 7.05 Å². The Bertz CT molecular complexity index is 759. The third-order valence-corrected chi connectivity index (χ3v) is 4.53. The Morgan fingerprint density at radius 1 is 1.54 bits per heavy atom. The molecule has 1 aromatic heterocycles. The molecule has 2 heterocycles. The first-order chi connectivity index (χ1) is 11.0. The molecule has 0 amide bonds. The largest absolute Gasteiger partial charge is 0.334 e. The van der Waals surface area contributed by atoms with E-state index in [1.165, 1.54) is 0 Å². The van der Waals surface area contributed by atoms with E-state index in [2.05, 4.69) is 36.3 Å². The highest BCUT2D eigenvalue weighted by Gasteiger charge is 2.27. The van der Waals surface area contributed by atoms with Gasteiger partial charge in [-0.05, 0) is 29.0 Å². The Labute approximate surface area is 151 Å². The van der Waals surface area contributed by atoms with Gasteiger partial charge >= 0.3 is 0 Å². The van der Waals surface area contributed by atoms with Gasteiger partial charge in [0.15, 0.2) is 5.82 Å². The third-order valence-electron chi connectivity index (χ3n) is 3.70. The number of rotatable bonds is 3. The van der Waals surface area contributed by atoms with E-state index in [-0.39, 0.29) is 34.4 Å². The Kier molecular flexibility index (Phi) is 5.86. The summed E-state index contributed by atoms with van der Waals surface area (Å²) >= 11 is 3.11. The van der Waals surface area contributed by atoms with Crippen LogP contribution in [0.2, 0.25) is 0 Å². The average Bonchev–Trinajstić information content (AvgIpc) is 2.99. The number of piperazine rings is 1. The highest BCUT2D eigenvalue weighted by Crippen LogP contribution is 2.36. The summed E-state index contributed by atoms with van der Waals surface area (Å²) in [4.78, 5) is 16.7. The van der Waals surface area contributed by atoms with Crippen LogP contribution in [0.15, 0.2) is 21.1 Å². The van der Waals surface area contributed by atoms with Crippen molar-refractivity contribution in [3.05, 3.63) is 38.4 Å². The molecule has 1 aromatic carbocycles. The van der Waals surface area contributed by atoms with E-state index in [0.717, 1.165) is 25.2 Å². The molecule has 130 valence electrons. The number of hydrogen-bond acceptors (Lipinski definition) is 7. The lowest BCUT2D eigenvalue weighted by atomic mass is 10.2. The number of hydrogen-bond donors (Lipinski definition) is 1. The van der Waals surface area contributed by atoms with Crippen LogP contribution in [-0.4, -0.2) is 46.6 Å². The first kappa shape index (κ1) is 18.7. The van der Waals surface area contributed by atoms with Gasteiger partial charge in [0.05, 0.1) is 22.6 Å². The maximum absolute atomic E-state index is 13.6. The van der Waals surface area contributed by atoms with E-state index < -0.39 is 16.4 Å². The predicted octanol–water partition coefficient (Wildman–Crippen LogP) is 2.54. The molecule has 1 aliphatic heterocycles. The Hall–Kier alpha value is -1.62. The molecule has 8 nitrogen and oxygen atoms in total. The van der Waals surface area contributed by atoms with Crippen molar-refractivity contribution in [2.75, 3.05) is 26.7 Å². The molecule has 0 radical (unpaired) electrons. The quantitative estimate of drug-likeness (QED) is 0.599. The van der Waals surface area contributed by atoms with Crippen LogP contribution in [0.4, 0.5) is 10.1 Å². The highest BCUT2D eigenvalue weighted by atomic mass is 79.9. The fourth-order valence-electron chi connectivity index (χ4n) is 2.44. The van der Waals surface area contributed by atoms with Gasteiger partial charge in [0.2, 0.25) is 0 Å². The number of nitro groups is 1. The number of likely N-dealkylation sites (N-methyl/N-ethyl adjacent to an activating group) is 1. The molecule has 11 heteroatoms. The van der Waals surface area contributed by atoms with Crippen molar-refractivity contribution < 1.29 is 13.8 Å². The summed E-state index contributed by atoms with van der Waals surface area (Å²) in [6, 6.07) is 1.89. The number of nitro benzene ring substituents is 1. The van der Waals surface area contributed by atoms with E-state index in [9.17, 15) is 14.5 Å². The second-order valence-corrected chi connectivity index (χ2v) is 5.99. The summed E-state index contributed by atoms with van der Waals surface area (Å²) in [5.74, 6) is -0.256. The maximum atomic E-state index is 13.6. The lowest BCUT2D eigenvalue weighted by Gasteiger charge is -2.30. The Morgan fingerprint density at radius 2 is 2.29 bits per heavy atom. The normalized spacial score (nSPS) is 18.2. The molecule has 1 unspecified atom stereocenters. The zero-order valence-corrected chi connectivity index (χ0v) is 14.9. The molecule has 1 fully saturated rings. The molecule has 2 aromatic rings. The van der Waals surface area contributed by atoms with Crippen molar-refractivity contribution in [3.8, 4) is 11.5 Å². The van der Waals surface area contributed by atoms with Crippen molar-refractivity contribution in [2.24, 2.45) is 0 Å². The zero-order chi connectivity index (χ0) is 16.6. The molecule has 1 aliphatic rings. The molecule has 3 rings (SSSR count). The van der Waals surface area contributed by atoms with Crippen LogP contribution in [0, 0.1) is 15.9 Å². The summed E-state index contributed by atoms with van der Waals surface area (Å²) in [6.45, 7) is 2.38. The zero-order valence-electron chi connectivity index (χ0n) is 12.5. The third kappa shape index (κ3) is 3.56. The first-order valence-corrected chi connectivity index (χ1v) is 7.65. The van der Waals surface area contributed by atoms with Gasteiger partial charge in [-0.2, -0.15) is 4.98 Å². The van der Waals surface area contributed by atoms with E-state index in [0.29, 0.717) is 12.4 Å². The summed E-state index contributed by atoms with van der Waals surface area (Å²) in [7, 11) is 1.95. The van der Waals surface area contributed by atoms with Gasteiger partial charge in [0, 0.05) is 19.6 Å². The van der Waals surface area contributed by atoms with Crippen molar-refractivity contribution >= 4 is 34.0 Å². The van der Waals surface area contributed by atoms with E-state index in [4.69, 9.17) is 4.52 Å². The lowest BCUT2D eigenvalue weighted by molar-refractivity contribution is -0.385. The van der Waals surface area contributed by atoms with Crippen LogP contribution >= 0.6 is 28.3 Å². The summed E-state index contributed by atoms with van der Waals surface area (Å²) < 4.78 is 18.9. The summed E-state index contributed by atoms with van der Waals surface area (Å²) in [5, 5.41) is 18.1. The van der Waals surface area contributed by atoms with Gasteiger partial charge in [-0.15, -0.1) is 12.4 Å². The standard InChI is InChI=1S/C13H13BrFN5O3.ClH/c1-19-3-2-16-6-10(19)12-17-13(23-18-12)8-4-7(15)5-9(11(8)14)20(21)22;/h4-5,10,16H,2-3,6H2,1H3;1H. The average molecular weight is 423 g/mol. The van der Waals surface area contributed by atoms with Crippen LogP contribution in [0.3, 0.4) is 0 Å². The van der Waals surface area contributed by atoms with Crippen LogP contribution in [-0.2, 0) is 0 Å². The van der Waals surface area contributed by atoms with E-state index in [1.54, 1.807) is 0 Å². The molecule has 0 spiro atoms. The predicted molar refractivity (Wildman–Crippen MR) is 89.5 cm³/mol. The monoisotopic (exact) mass is 421 g/mol. The second kappa shape index (κ2) is 7.51. The molecular weight excluding hydrogens is 409 g/mol. The van der Waals surface area contributed by atoms with Crippen LogP contribution in [0.25, 0.3) is 11.5 Å². The minimum absolute atomic E-state index is 0. The number of nitrogens with zero attached hydrogens (tertiary/aromatic N) is 4. The van der Waals surface area contributed by atoms with Gasteiger partial charge in [-0.25, -0.2) is 4.39 Å². The number of benzene rings is 1. The molecule has 0 bridgehead atoms. The molecule has 1 N–H and O–H groups in total. The van der Waals surface area contributed by atoms with E-state index >= 15 is 0 Å². The SMILES string of the molecule is CN1CCNCC1c1noc(-c2cc(F)cc([N+](=O)[O-])c2Br)n1.Cl. The molecule has 0 aliphatic carbocycles. The van der Waals surface area contributed by atoms with Crippen molar-refractivity contribution in [1.82, 2.24) is 20.4 Å².